The van der Waals surface area contributed by atoms with Crippen molar-refractivity contribution in [2.24, 2.45) is 16.2 Å². The van der Waals surface area contributed by atoms with Crippen molar-refractivity contribution < 1.29 is 0 Å². The molecular weight excluding hydrogens is 200 g/mol. The van der Waals surface area contributed by atoms with Gasteiger partial charge in [0.05, 0.1) is 29.7 Å². The van der Waals surface area contributed by atoms with E-state index in [0.717, 1.165) is 0 Å². The van der Waals surface area contributed by atoms with Crippen LogP contribution in [0.3, 0.4) is 0 Å². The van der Waals surface area contributed by atoms with Crippen molar-refractivity contribution in [1.29, 1.82) is 21.0 Å². The van der Waals surface area contributed by atoms with Crippen molar-refractivity contribution in [3.63, 3.8) is 0 Å². The summed E-state index contributed by atoms with van der Waals surface area (Å²) in [6, 6.07) is 7.85. The van der Waals surface area contributed by atoms with Crippen LogP contribution >= 0.6 is 0 Å². The average Bonchev–Trinajstić information content (AvgIpc) is 2.19. The molecule has 0 aromatic rings. The van der Waals surface area contributed by atoms with Crippen molar-refractivity contribution >= 4 is 0 Å². The standard InChI is InChI=1S/C12H14N4/c1-10(2,5-6-13)12(8-15,9-16)11(3,4)7-14/h5H2,1-4H3. The van der Waals surface area contributed by atoms with Gasteiger partial charge in [0.1, 0.15) is 0 Å². The van der Waals surface area contributed by atoms with E-state index in [0.29, 0.717) is 0 Å². The molecule has 0 bridgehead atoms. The van der Waals surface area contributed by atoms with Crippen LogP contribution in [0.4, 0.5) is 0 Å². The lowest BCUT2D eigenvalue weighted by Crippen LogP contribution is -2.46. The molecule has 82 valence electrons. The molecule has 0 atom stereocenters. The number of rotatable bonds is 3. The van der Waals surface area contributed by atoms with E-state index in [2.05, 4.69) is 0 Å². The SMILES string of the molecule is CC(C)(C#N)C(C#N)(C#N)C(C)(C)CC#N. The molecule has 4 heteroatoms. The van der Waals surface area contributed by atoms with Gasteiger partial charge in [0.2, 0.25) is 0 Å². The van der Waals surface area contributed by atoms with Gasteiger partial charge in [0.15, 0.2) is 5.41 Å². The third kappa shape index (κ3) is 1.71. The highest BCUT2D eigenvalue weighted by Crippen LogP contribution is 2.52. The summed E-state index contributed by atoms with van der Waals surface area (Å²) >= 11 is 0. The van der Waals surface area contributed by atoms with E-state index in [1.807, 2.05) is 24.3 Å². The van der Waals surface area contributed by atoms with Gasteiger partial charge in [-0.1, -0.05) is 13.8 Å². The lowest BCUT2D eigenvalue weighted by atomic mass is 9.54. The first kappa shape index (κ1) is 14.0. The molecule has 0 heterocycles. The molecule has 0 amide bonds. The first-order valence-electron chi connectivity index (χ1n) is 4.85. The van der Waals surface area contributed by atoms with Gasteiger partial charge in [-0.25, -0.2) is 0 Å². The molecule has 16 heavy (non-hydrogen) atoms. The number of nitriles is 4. The fourth-order valence-corrected chi connectivity index (χ4v) is 1.87. The van der Waals surface area contributed by atoms with Crippen LogP contribution in [0.5, 0.6) is 0 Å². The summed E-state index contributed by atoms with van der Waals surface area (Å²) in [6.45, 7) is 6.45. The van der Waals surface area contributed by atoms with Crippen LogP contribution in [0.1, 0.15) is 34.1 Å². The van der Waals surface area contributed by atoms with Gasteiger partial charge in [-0.3, -0.25) is 0 Å². The predicted octanol–water partition coefficient (Wildman–Crippen LogP) is 2.51. The van der Waals surface area contributed by atoms with Gasteiger partial charge in [0, 0.05) is 11.8 Å². The van der Waals surface area contributed by atoms with E-state index in [-0.39, 0.29) is 6.42 Å². The Morgan fingerprint density at radius 1 is 0.812 bits per heavy atom. The zero-order chi connectivity index (χ0) is 13.0. The summed E-state index contributed by atoms with van der Waals surface area (Å²) in [7, 11) is 0. The molecule has 0 spiro atoms. The average molecular weight is 214 g/mol. The van der Waals surface area contributed by atoms with Crippen molar-refractivity contribution in [2.45, 2.75) is 34.1 Å². The maximum atomic E-state index is 9.27. The minimum Gasteiger partial charge on any atom is -0.198 e. The van der Waals surface area contributed by atoms with Crippen molar-refractivity contribution in [3.05, 3.63) is 0 Å². The van der Waals surface area contributed by atoms with Crippen LogP contribution in [0.2, 0.25) is 0 Å². The van der Waals surface area contributed by atoms with E-state index >= 15 is 0 Å². The Labute approximate surface area is 96.3 Å². The maximum Gasteiger partial charge on any atom is 0.167 e. The highest BCUT2D eigenvalue weighted by molar-refractivity contribution is 5.30. The molecule has 0 radical (unpaired) electrons. The summed E-state index contributed by atoms with van der Waals surface area (Å²) in [5.74, 6) is 0. The minimum atomic E-state index is -1.50. The molecule has 4 nitrogen and oxygen atoms in total. The lowest BCUT2D eigenvalue weighted by Gasteiger charge is -2.41. The van der Waals surface area contributed by atoms with E-state index in [1.165, 1.54) is 0 Å². The van der Waals surface area contributed by atoms with Gasteiger partial charge in [-0.15, -0.1) is 0 Å². The highest BCUT2D eigenvalue weighted by Gasteiger charge is 2.57. The topological polar surface area (TPSA) is 95.2 Å². The van der Waals surface area contributed by atoms with Crippen LogP contribution in [-0.4, -0.2) is 0 Å². The van der Waals surface area contributed by atoms with Gasteiger partial charge in [-0.05, 0) is 13.8 Å². The zero-order valence-electron chi connectivity index (χ0n) is 10.00. The molecule has 0 N–H and O–H groups in total. The van der Waals surface area contributed by atoms with Crippen LogP contribution < -0.4 is 0 Å². The van der Waals surface area contributed by atoms with Gasteiger partial charge in [0.25, 0.3) is 0 Å². The largest absolute Gasteiger partial charge is 0.198 e. The molecule has 0 aromatic heterocycles. The Balaban J connectivity index is 5.90. The molecule has 0 fully saturated rings. The Kier molecular flexibility index (Phi) is 3.68. The second-order valence-electron chi connectivity index (χ2n) is 4.93. The molecule has 0 aliphatic carbocycles. The zero-order valence-corrected chi connectivity index (χ0v) is 10.00. The van der Waals surface area contributed by atoms with Crippen LogP contribution in [0.25, 0.3) is 0 Å². The van der Waals surface area contributed by atoms with E-state index in [4.69, 9.17) is 10.5 Å². The van der Waals surface area contributed by atoms with E-state index in [9.17, 15) is 10.5 Å². The predicted molar refractivity (Wildman–Crippen MR) is 57.1 cm³/mol. The van der Waals surface area contributed by atoms with Gasteiger partial charge < -0.3 is 0 Å². The maximum absolute atomic E-state index is 9.27. The number of hydrogen-bond donors (Lipinski definition) is 0. The van der Waals surface area contributed by atoms with Crippen molar-refractivity contribution in [2.75, 3.05) is 0 Å². The number of nitrogens with zero attached hydrogens (tertiary/aromatic N) is 4. The van der Waals surface area contributed by atoms with Crippen LogP contribution in [0, 0.1) is 61.6 Å². The van der Waals surface area contributed by atoms with Crippen LogP contribution in [-0.2, 0) is 0 Å². The fraction of sp³-hybridized carbons (Fsp3) is 0.667. The second kappa shape index (κ2) is 4.22. The molecule has 0 aliphatic rings. The number of hydrogen-bond acceptors (Lipinski definition) is 4. The summed E-state index contributed by atoms with van der Waals surface area (Å²) < 4.78 is 0. The molecule has 0 unspecified atom stereocenters. The fourth-order valence-electron chi connectivity index (χ4n) is 1.87. The summed E-state index contributed by atoms with van der Waals surface area (Å²) in [6.07, 6.45) is 0.0548. The third-order valence-electron chi connectivity index (χ3n) is 3.09. The van der Waals surface area contributed by atoms with Crippen LogP contribution in [0.15, 0.2) is 0 Å². The summed E-state index contributed by atoms with van der Waals surface area (Å²) in [4.78, 5) is 0. The van der Waals surface area contributed by atoms with E-state index < -0.39 is 16.2 Å². The first-order valence-corrected chi connectivity index (χ1v) is 4.85. The van der Waals surface area contributed by atoms with Crippen molar-refractivity contribution in [3.8, 4) is 24.3 Å². The molecule has 0 rings (SSSR count). The van der Waals surface area contributed by atoms with Crippen molar-refractivity contribution in [1.82, 2.24) is 0 Å². The highest BCUT2D eigenvalue weighted by atomic mass is 14.6. The lowest BCUT2D eigenvalue weighted by molar-refractivity contribution is 0.0976. The molecular formula is C12H14N4. The molecule has 0 saturated heterocycles. The third-order valence-corrected chi connectivity index (χ3v) is 3.09. The second-order valence-corrected chi connectivity index (χ2v) is 4.93. The van der Waals surface area contributed by atoms with Gasteiger partial charge >= 0.3 is 0 Å². The quantitative estimate of drug-likeness (QED) is 0.721. The van der Waals surface area contributed by atoms with Gasteiger partial charge in [-0.2, -0.15) is 21.0 Å². The molecule has 0 aliphatic heterocycles. The minimum absolute atomic E-state index is 0.0548. The monoisotopic (exact) mass is 214 g/mol. The summed E-state index contributed by atoms with van der Waals surface area (Å²) in [5.41, 5.74) is -3.48. The normalized spacial score (nSPS) is 11.8. The summed E-state index contributed by atoms with van der Waals surface area (Å²) in [5, 5.41) is 36.4. The smallest absolute Gasteiger partial charge is 0.167 e. The Hall–Kier alpha value is -2.04. The molecule has 0 saturated carbocycles. The first-order chi connectivity index (χ1) is 7.24. The Morgan fingerprint density at radius 3 is 1.50 bits per heavy atom. The Morgan fingerprint density at radius 2 is 1.25 bits per heavy atom. The Bertz CT molecular complexity index is 418. The molecule has 0 aromatic carbocycles. The van der Waals surface area contributed by atoms with E-state index in [1.54, 1.807) is 27.7 Å².